The fourth-order valence-electron chi connectivity index (χ4n) is 1.79. The molecule has 0 aliphatic carbocycles. The molecule has 0 fully saturated rings. The number of nitrogens with zero attached hydrogens (tertiary/aromatic N) is 1. The number of imidazole rings is 1. The molecule has 0 aliphatic rings. The van der Waals surface area contributed by atoms with Crippen LogP contribution in [0.25, 0.3) is 11.4 Å². The van der Waals surface area contributed by atoms with Crippen molar-refractivity contribution in [1.29, 1.82) is 0 Å². The first-order chi connectivity index (χ1) is 9.04. The second kappa shape index (κ2) is 5.17. The molecule has 4 nitrogen and oxygen atoms in total. The lowest BCUT2D eigenvalue weighted by molar-refractivity contribution is 0.0594. The number of H-pyrrole nitrogens is 1. The summed E-state index contributed by atoms with van der Waals surface area (Å²) < 4.78 is 30.4. The maximum absolute atomic E-state index is 12.9. The number of alkyl halides is 2. The summed E-state index contributed by atoms with van der Waals surface area (Å²) in [4.78, 5) is 18.3. The quantitative estimate of drug-likeness (QED) is 0.868. The number of hydrogen-bond acceptors (Lipinski definition) is 3. The van der Waals surface area contributed by atoms with Crippen molar-refractivity contribution in [1.82, 2.24) is 9.97 Å². The lowest BCUT2D eigenvalue weighted by Crippen LogP contribution is -2.03. The number of aromatic amines is 1. The van der Waals surface area contributed by atoms with Gasteiger partial charge in [-0.25, -0.2) is 18.6 Å². The molecule has 0 unspecified atom stereocenters. The van der Waals surface area contributed by atoms with Gasteiger partial charge in [0, 0.05) is 16.8 Å². The van der Waals surface area contributed by atoms with Gasteiger partial charge in [0.2, 0.25) is 0 Å². The highest BCUT2D eigenvalue weighted by Gasteiger charge is 2.20. The molecule has 19 heavy (non-hydrogen) atoms. The monoisotopic (exact) mass is 266 g/mol. The van der Waals surface area contributed by atoms with Crippen LogP contribution in [-0.2, 0) is 4.74 Å². The van der Waals surface area contributed by atoms with Gasteiger partial charge >= 0.3 is 5.97 Å². The average molecular weight is 266 g/mol. The Morgan fingerprint density at radius 1 is 1.37 bits per heavy atom. The van der Waals surface area contributed by atoms with E-state index in [2.05, 4.69) is 14.7 Å². The summed E-state index contributed by atoms with van der Waals surface area (Å²) in [5, 5.41) is 0. The van der Waals surface area contributed by atoms with E-state index in [9.17, 15) is 13.6 Å². The Kier molecular flexibility index (Phi) is 3.59. The molecular weight excluding hydrogens is 254 g/mol. The first-order valence-corrected chi connectivity index (χ1v) is 5.57. The van der Waals surface area contributed by atoms with Gasteiger partial charge in [0.25, 0.3) is 6.43 Å². The van der Waals surface area contributed by atoms with E-state index in [1.807, 2.05) is 0 Å². The Labute approximate surface area is 108 Å². The Hall–Kier alpha value is -2.24. The van der Waals surface area contributed by atoms with Crippen molar-refractivity contribution in [2.75, 3.05) is 7.11 Å². The van der Waals surface area contributed by atoms with E-state index in [0.717, 1.165) is 0 Å². The van der Waals surface area contributed by atoms with Gasteiger partial charge in [-0.05, 0) is 6.92 Å². The van der Waals surface area contributed by atoms with Crippen LogP contribution in [0.2, 0.25) is 0 Å². The number of nitrogens with one attached hydrogen (secondary N) is 1. The first-order valence-electron chi connectivity index (χ1n) is 5.57. The smallest absolute Gasteiger partial charge is 0.358 e. The number of rotatable bonds is 3. The van der Waals surface area contributed by atoms with Crippen LogP contribution in [0.15, 0.2) is 24.3 Å². The zero-order chi connectivity index (χ0) is 14.0. The standard InChI is InChI=1S/C13H12F2N2O2/c1-7-10(13(18)19-2)17-12(16-7)9-6-4-3-5-8(9)11(14)15/h3-6,11H,1-2H3,(H,16,17). The number of benzene rings is 1. The number of aromatic nitrogens is 2. The van der Waals surface area contributed by atoms with Gasteiger partial charge in [0.1, 0.15) is 5.82 Å². The molecule has 0 spiro atoms. The SMILES string of the molecule is COC(=O)c1nc(-c2ccccc2C(F)F)[nH]c1C. The number of methoxy groups -OCH3 is 1. The third-order valence-electron chi connectivity index (χ3n) is 2.71. The fraction of sp³-hybridized carbons (Fsp3) is 0.231. The van der Waals surface area contributed by atoms with Gasteiger partial charge in [-0.1, -0.05) is 24.3 Å². The van der Waals surface area contributed by atoms with Gasteiger partial charge in [0.15, 0.2) is 5.69 Å². The minimum atomic E-state index is -2.61. The molecular formula is C13H12F2N2O2. The highest BCUT2D eigenvalue weighted by Crippen LogP contribution is 2.29. The molecule has 100 valence electrons. The van der Waals surface area contributed by atoms with Crippen LogP contribution in [0.4, 0.5) is 8.78 Å². The van der Waals surface area contributed by atoms with Gasteiger partial charge in [-0.3, -0.25) is 0 Å². The summed E-state index contributed by atoms with van der Waals surface area (Å²) in [6, 6.07) is 6.02. The van der Waals surface area contributed by atoms with Crippen LogP contribution < -0.4 is 0 Å². The second-order valence-corrected chi connectivity index (χ2v) is 3.94. The van der Waals surface area contributed by atoms with Gasteiger partial charge < -0.3 is 9.72 Å². The lowest BCUT2D eigenvalue weighted by Gasteiger charge is -2.05. The fourth-order valence-corrected chi connectivity index (χ4v) is 1.79. The summed E-state index contributed by atoms with van der Waals surface area (Å²) in [5.41, 5.74) is 0.718. The minimum Gasteiger partial charge on any atom is -0.464 e. The normalized spacial score (nSPS) is 10.8. The number of esters is 1. The van der Waals surface area contributed by atoms with E-state index in [0.29, 0.717) is 5.69 Å². The summed E-state index contributed by atoms with van der Waals surface area (Å²) in [7, 11) is 1.24. The van der Waals surface area contributed by atoms with E-state index >= 15 is 0 Å². The Balaban J connectivity index is 2.52. The molecule has 0 amide bonds. The number of ether oxygens (including phenoxy) is 1. The average Bonchev–Trinajstić information content (AvgIpc) is 2.79. The molecule has 1 heterocycles. The molecule has 6 heteroatoms. The minimum absolute atomic E-state index is 0.0987. The second-order valence-electron chi connectivity index (χ2n) is 3.94. The lowest BCUT2D eigenvalue weighted by atomic mass is 10.1. The van der Waals surface area contributed by atoms with Gasteiger partial charge in [-0.15, -0.1) is 0 Å². The molecule has 0 saturated carbocycles. The molecule has 1 N–H and O–H groups in total. The van der Waals surface area contributed by atoms with Crippen molar-refractivity contribution in [2.24, 2.45) is 0 Å². The summed E-state index contributed by atoms with van der Waals surface area (Å²) >= 11 is 0. The molecule has 2 aromatic rings. The van der Waals surface area contributed by atoms with Crippen molar-refractivity contribution >= 4 is 5.97 Å². The maximum atomic E-state index is 12.9. The van der Waals surface area contributed by atoms with E-state index in [4.69, 9.17) is 0 Å². The highest BCUT2D eigenvalue weighted by atomic mass is 19.3. The molecule has 0 atom stereocenters. The zero-order valence-corrected chi connectivity index (χ0v) is 10.4. The van der Waals surface area contributed by atoms with Crippen LogP contribution in [0.5, 0.6) is 0 Å². The predicted molar refractivity (Wildman–Crippen MR) is 65.1 cm³/mol. The molecule has 0 radical (unpaired) electrons. The predicted octanol–water partition coefficient (Wildman–Crippen LogP) is 3.11. The van der Waals surface area contributed by atoms with Crippen LogP contribution in [0.3, 0.4) is 0 Å². The van der Waals surface area contributed by atoms with Gasteiger partial charge in [-0.2, -0.15) is 0 Å². The number of carbonyl (C=O) groups is 1. The Bertz CT molecular complexity index is 608. The Morgan fingerprint density at radius 2 is 2.05 bits per heavy atom. The van der Waals surface area contributed by atoms with Crippen molar-refractivity contribution in [3.63, 3.8) is 0 Å². The van der Waals surface area contributed by atoms with Crippen LogP contribution >= 0.6 is 0 Å². The first kappa shape index (κ1) is 13.2. The summed E-state index contributed by atoms with van der Waals surface area (Å²) in [6.45, 7) is 1.63. The van der Waals surface area contributed by atoms with Crippen LogP contribution in [0.1, 0.15) is 28.2 Å². The van der Waals surface area contributed by atoms with E-state index in [-0.39, 0.29) is 22.6 Å². The molecule has 1 aromatic carbocycles. The van der Waals surface area contributed by atoms with E-state index < -0.39 is 12.4 Å². The number of halogens is 2. The molecule has 0 bridgehead atoms. The number of carbonyl (C=O) groups excluding carboxylic acids is 1. The topological polar surface area (TPSA) is 55.0 Å². The van der Waals surface area contributed by atoms with Gasteiger partial charge in [0.05, 0.1) is 7.11 Å². The number of aryl methyl sites for hydroxylation is 1. The molecule has 2 rings (SSSR count). The van der Waals surface area contributed by atoms with Crippen molar-refractivity contribution in [2.45, 2.75) is 13.3 Å². The van der Waals surface area contributed by atoms with Crippen LogP contribution in [-0.4, -0.2) is 23.0 Å². The Morgan fingerprint density at radius 3 is 2.68 bits per heavy atom. The van der Waals surface area contributed by atoms with Crippen LogP contribution in [0, 0.1) is 6.92 Å². The third-order valence-corrected chi connectivity index (χ3v) is 2.71. The van der Waals surface area contributed by atoms with Crippen molar-refractivity contribution < 1.29 is 18.3 Å². The molecule has 0 saturated heterocycles. The highest BCUT2D eigenvalue weighted by molar-refractivity contribution is 5.89. The number of hydrogen-bond donors (Lipinski definition) is 1. The zero-order valence-electron chi connectivity index (χ0n) is 10.4. The molecule has 0 aliphatic heterocycles. The third kappa shape index (κ3) is 2.47. The molecule has 1 aromatic heterocycles. The summed E-state index contributed by atoms with van der Waals surface area (Å²) in [6.07, 6.45) is -2.61. The van der Waals surface area contributed by atoms with Crippen molar-refractivity contribution in [3.05, 3.63) is 41.2 Å². The summed E-state index contributed by atoms with van der Waals surface area (Å²) in [5.74, 6) is -0.372. The van der Waals surface area contributed by atoms with E-state index in [1.165, 1.54) is 25.3 Å². The largest absolute Gasteiger partial charge is 0.464 e. The van der Waals surface area contributed by atoms with E-state index in [1.54, 1.807) is 13.0 Å². The maximum Gasteiger partial charge on any atom is 0.358 e. The van der Waals surface area contributed by atoms with Crippen molar-refractivity contribution in [3.8, 4) is 11.4 Å².